The van der Waals surface area contributed by atoms with E-state index in [0.717, 1.165) is 39.1 Å². The van der Waals surface area contributed by atoms with Crippen LogP contribution >= 0.6 is 0 Å². The summed E-state index contributed by atoms with van der Waals surface area (Å²) >= 11 is 0. The second-order valence-corrected chi connectivity index (χ2v) is 4.67. The van der Waals surface area contributed by atoms with Gasteiger partial charge >= 0.3 is 0 Å². The molecule has 108 valence electrons. The molecular weight excluding hydrogens is 241 g/mol. The second-order valence-electron chi connectivity index (χ2n) is 4.67. The Morgan fingerprint density at radius 1 is 1.05 bits per heavy atom. The van der Waals surface area contributed by atoms with Crippen LogP contribution in [0.1, 0.15) is 27.2 Å². The van der Waals surface area contributed by atoms with E-state index in [-0.39, 0.29) is 5.82 Å². The monoisotopic (exact) mass is 267 g/mol. The molecule has 0 bridgehead atoms. The van der Waals surface area contributed by atoms with Crippen LogP contribution in [0, 0.1) is 5.82 Å². The lowest BCUT2D eigenvalue weighted by molar-refractivity contribution is 0.300. The summed E-state index contributed by atoms with van der Waals surface area (Å²) in [4.78, 5) is 4.45. The quantitative estimate of drug-likeness (QED) is 0.735. The number of halogens is 1. The van der Waals surface area contributed by atoms with Crippen LogP contribution in [-0.4, -0.2) is 37.6 Å². The van der Waals surface area contributed by atoms with Gasteiger partial charge in [-0.05, 0) is 51.2 Å². The van der Waals surface area contributed by atoms with E-state index < -0.39 is 0 Å². The topological polar surface area (TPSA) is 32.5 Å². The smallest absolute Gasteiger partial charge is 0.148 e. The van der Waals surface area contributed by atoms with Gasteiger partial charge in [0, 0.05) is 18.8 Å². The van der Waals surface area contributed by atoms with Gasteiger partial charge in [-0.25, -0.2) is 4.39 Å². The summed E-state index contributed by atoms with van der Waals surface area (Å²) in [5.41, 5.74) is 6.70. The molecule has 0 aliphatic rings. The van der Waals surface area contributed by atoms with Gasteiger partial charge in [0.1, 0.15) is 5.82 Å². The summed E-state index contributed by atoms with van der Waals surface area (Å²) in [5.74, 6) is -0.232. The summed E-state index contributed by atoms with van der Waals surface area (Å²) in [6.45, 7) is 11.2. The Labute approximate surface area is 116 Å². The van der Waals surface area contributed by atoms with Gasteiger partial charge in [0.15, 0.2) is 0 Å². The number of hydrogen-bond acceptors (Lipinski definition) is 3. The predicted octanol–water partition coefficient (Wildman–Crippen LogP) is 2.97. The fraction of sp³-hybridized carbons (Fsp3) is 0.600. The van der Waals surface area contributed by atoms with Crippen LogP contribution in [0.25, 0.3) is 0 Å². The van der Waals surface area contributed by atoms with Crippen LogP contribution in [0.15, 0.2) is 18.2 Å². The Morgan fingerprint density at radius 2 is 1.74 bits per heavy atom. The molecule has 0 saturated heterocycles. The molecule has 0 spiro atoms. The van der Waals surface area contributed by atoms with E-state index in [9.17, 15) is 4.39 Å². The van der Waals surface area contributed by atoms with Gasteiger partial charge in [0.2, 0.25) is 0 Å². The van der Waals surface area contributed by atoms with Crippen molar-refractivity contribution in [3.05, 3.63) is 24.0 Å². The van der Waals surface area contributed by atoms with Crippen molar-refractivity contribution < 1.29 is 4.39 Å². The molecule has 2 N–H and O–H groups in total. The number of nitrogens with two attached hydrogens (primary N) is 1. The lowest BCUT2D eigenvalue weighted by Gasteiger charge is -2.25. The highest BCUT2D eigenvalue weighted by Gasteiger charge is 2.10. The minimum absolute atomic E-state index is 0.232. The molecule has 19 heavy (non-hydrogen) atoms. The molecule has 3 nitrogen and oxygen atoms in total. The molecule has 0 aliphatic heterocycles. The standard InChI is InChI=1S/C15H26FN3/c1-4-18(5-2)10-7-11-19(6-3)15-9-8-13(17)12-14(15)16/h8-9,12H,4-7,10-11,17H2,1-3H3. The molecule has 1 rings (SSSR count). The number of benzene rings is 1. The molecule has 4 heteroatoms. The van der Waals surface area contributed by atoms with Crippen molar-refractivity contribution in [2.45, 2.75) is 27.2 Å². The van der Waals surface area contributed by atoms with E-state index in [0.29, 0.717) is 11.4 Å². The van der Waals surface area contributed by atoms with Crippen molar-refractivity contribution in [2.24, 2.45) is 0 Å². The maximum Gasteiger partial charge on any atom is 0.148 e. The predicted molar refractivity (Wildman–Crippen MR) is 81.1 cm³/mol. The molecule has 0 aliphatic carbocycles. The van der Waals surface area contributed by atoms with Gasteiger partial charge in [-0.3, -0.25) is 0 Å². The van der Waals surface area contributed by atoms with Gasteiger partial charge in [-0.2, -0.15) is 0 Å². The largest absolute Gasteiger partial charge is 0.399 e. The van der Waals surface area contributed by atoms with Gasteiger partial charge in [-0.15, -0.1) is 0 Å². The number of nitrogens with zero attached hydrogens (tertiary/aromatic N) is 2. The molecule has 0 heterocycles. The zero-order valence-corrected chi connectivity index (χ0v) is 12.3. The minimum atomic E-state index is -0.232. The summed E-state index contributed by atoms with van der Waals surface area (Å²) in [6.07, 6.45) is 1.04. The van der Waals surface area contributed by atoms with Crippen molar-refractivity contribution >= 4 is 11.4 Å². The normalized spacial score (nSPS) is 11.0. The van der Waals surface area contributed by atoms with Gasteiger partial charge in [-0.1, -0.05) is 13.8 Å². The van der Waals surface area contributed by atoms with E-state index in [1.165, 1.54) is 6.07 Å². The van der Waals surface area contributed by atoms with Crippen LogP contribution in [0.3, 0.4) is 0 Å². The van der Waals surface area contributed by atoms with E-state index in [1.807, 2.05) is 6.92 Å². The second kappa shape index (κ2) is 8.00. The molecule has 1 aromatic rings. The number of rotatable bonds is 8. The molecule has 0 atom stereocenters. The first kappa shape index (κ1) is 15.8. The van der Waals surface area contributed by atoms with E-state index in [1.54, 1.807) is 12.1 Å². The van der Waals surface area contributed by atoms with Crippen LogP contribution in [0.2, 0.25) is 0 Å². The van der Waals surface area contributed by atoms with E-state index in [2.05, 4.69) is 23.6 Å². The van der Waals surface area contributed by atoms with Gasteiger partial charge in [0.25, 0.3) is 0 Å². The summed E-state index contributed by atoms with van der Waals surface area (Å²) < 4.78 is 13.9. The number of anilines is 2. The average molecular weight is 267 g/mol. The highest BCUT2D eigenvalue weighted by atomic mass is 19.1. The van der Waals surface area contributed by atoms with Crippen molar-refractivity contribution in [1.82, 2.24) is 4.90 Å². The van der Waals surface area contributed by atoms with Crippen LogP contribution in [0.4, 0.5) is 15.8 Å². The number of nitrogen functional groups attached to an aromatic ring is 1. The summed E-state index contributed by atoms with van der Waals surface area (Å²) in [5, 5.41) is 0. The zero-order chi connectivity index (χ0) is 14.3. The molecule has 0 unspecified atom stereocenters. The Kier molecular flexibility index (Phi) is 6.64. The molecule has 0 saturated carbocycles. The average Bonchev–Trinajstić information content (AvgIpc) is 2.40. The Bertz CT molecular complexity index is 378. The Hall–Kier alpha value is -1.29. The zero-order valence-electron chi connectivity index (χ0n) is 12.3. The minimum Gasteiger partial charge on any atom is -0.399 e. The van der Waals surface area contributed by atoms with Crippen molar-refractivity contribution in [3.8, 4) is 0 Å². The van der Waals surface area contributed by atoms with Crippen LogP contribution < -0.4 is 10.6 Å². The summed E-state index contributed by atoms with van der Waals surface area (Å²) in [7, 11) is 0. The number of hydrogen-bond donors (Lipinski definition) is 1. The SMILES string of the molecule is CCN(CC)CCCN(CC)c1ccc(N)cc1F. The molecule has 0 fully saturated rings. The molecule has 0 radical (unpaired) electrons. The van der Waals surface area contributed by atoms with Crippen LogP contribution in [0.5, 0.6) is 0 Å². The van der Waals surface area contributed by atoms with Crippen molar-refractivity contribution in [2.75, 3.05) is 43.4 Å². The summed E-state index contributed by atoms with van der Waals surface area (Å²) in [6, 6.07) is 4.92. The van der Waals surface area contributed by atoms with Crippen molar-refractivity contribution in [1.29, 1.82) is 0 Å². The lowest BCUT2D eigenvalue weighted by atomic mass is 10.2. The maximum atomic E-state index is 13.9. The highest BCUT2D eigenvalue weighted by Crippen LogP contribution is 2.21. The van der Waals surface area contributed by atoms with Crippen LogP contribution in [-0.2, 0) is 0 Å². The third-order valence-electron chi connectivity index (χ3n) is 3.49. The van der Waals surface area contributed by atoms with E-state index in [4.69, 9.17) is 5.73 Å². The van der Waals surface area contributed by atoms with Gasteiger partial charge in [0.05, 0.1) is 5.69 Å². The molecule has 0 aromatic heterocycles. The fourth-order valence-corrected chi connectivity index (χ4v) is 2.25. The fourth-order valence-electron chi connectivity index (χ4n) is 2.25. The molecule has 0 amide bonds. The Morgan fingerprint density at radius 3 is 2.26 bits per heavy atom. The van der Waals surface area contributed by atoms with E-state index >= 15 is 0 Å². The Balaban J connectivity index is 2.58. The third kappa shape index (κ3) is 4.71. The van der Waals surface area contributed by atoms with Crippen molar-refractivity contribution in [3.63, 3.8) is 0 Å². The third-order valence-corrected chi connectivity index (χ3v) is 3.49. The first-order chi connectivity index (χ1) is 9.12. The highest BCUT2D eigenvalue weighted by molar-refractivity contribution is 5.54. The molecular formula is C15H26FN3. The lowest BCUT2D eigenvalue weighted by Crippen LogP contribution is -2.30. The van der Waals surface area contributed by atoms with Gasteiger partial charge < -0.3 is 15.5 Å². The first-order valence-electron chi connectivity index (χ1n) is 7.14. The first-order valence-corrected chi connectivity index (χ1v) is 7.14. The maximum absolute atomic E-state index is 13.9. The molecule has 1 aromatic carbocycles.